The van der Waals surface area contributed by atoms with Crippen molar-refractivity contribution >= 4 is 23.1 Å². The van der Waals surface area contributed by atoms with Crippen LogP contribution in [0, 0.1) is 19.8 Å². The average Bonchev–Trinajstić information content (AvgIpc) is 3.13. The van der Waals surface area contributed by atoms with Crippen LogP contribution >= 0.6 is 0 Å². The molecule has 4 rings (SSSR count). The summed E-state index contributed by atoms with van der Waals surface area (Å²) in [6.45, 7) is 11.0. The van der Waals surface area contributed by atoms with E-state index in [4.69, 9.17) is 9.47 Å². The van der Waals surface area contributed by atoms with Crippen molar-refractivity contribution in [2.75, 3.05) is 18.1 Å². The number of carbonyl (C=O) groups is 2. The number of Topliss-reactive ketones (excluding diaryl/α,β-unsaturated/α-hetero) is 1. The monoisotopic (exact) mass is 499 g/mol. The molecule has 1 atom stereocenters. The van der Waals surface area contributed by atoms with Crippen LogP contribution in [0.2, 0.25) is 0 Å². The Kier molecular flexibility index (Phi) is 7.67. The first-order valence-corrected chi connectivity index (χ1v) is 12.6. The molecule has 0 aliphatic carbocycles. The number of carbonyl (C=O) groups excluding carboxylic acids is 2. The van der Waals surface area contributed by atoms with Crippen LogP contribution in [0.3, 0.4) is 0 Å². The molecule has 1 fully saturated rings. The minimum atomic E-state index is -0.781. The molecule has 1 heterocycles. The first-order chi connectivity index (χ1) is 17.7. The van der Waals surface area contributed by atoms with E-state index in [-0.39, 0.29) is 11.3 Å². The summed E-state index contributed by atoms with van der Waals surface area (Å²) in [6.07, 6.45) is 0. The van der Waals surface area contributed by atoms with Gasteiger partial charge in [0.1, 0.15) is 17.3 Å². The molecule has 1 amide bonds. The second kappa shape index (κ2) is 10.9. The Morgan fingerprint density at radius 1 is 0.946 bits per heavy atom. The topological polar surface area (TPSA) is 76.1 Å². The first kappa shape index (κ1) is 26.0. The lowest BCUT2D eigenvalue weighted by molar-refractivity contribution is -0.132. The van der Waals surface area contributed by atoms with Crippen molar-refractivity contribution in [1.29, 1.82) is 0 Å². The van der Waals surface area contributed by atoms with Gasteiger partial charge in [-0.15, -0.1) is 0 Å². The third kappa shape index (κ3) is 5.24. The van der Waals surface area contributed by atoms with E-state index in [0.29, 0.717) is 36.1 Å². The van der Waals surface area contributed by atoms with E-state index in [1.807, 2.05) is 45.0 Å². The Morgan fingerprint density at radius 3 is 2.27 bits per heavy atom. The number of benzene rings is 3. The quantitative estimate of drug-likeness (QED) is 0.222. The molecule has 0 bridgehead atoms. The molecule has 6 nitrogen and oxygen atoms in total. The Hall–Kier alpha value is -4.06. The largest absolute Gasteiger partial charge is 0.507 e. The van der Waals surface area contributed by atoms with Gasteiger partial charge in [-0.1, -0.05) is 38.1 Å². The molecule has 1 aliphatic rings. The zero-order valence-corrected chi connectivity index (χ0v) is 21.9. The van der Waals surface area contributed by atoms with E-state index in [9.17, 15) is 14.7 Å². The summed E-state index contributed by atoms with van der Waals surface area (Å²) in [7, 11) is 0. The van der Waals surface area contributed by atoms with Gasteiger partial charge in [0.25, 0.3) is 11.7 Å². The van der Waals surface area contributed by atoms with Crippen LogP contribution in [-0.2, 0) is 9.59 Å². The fourth-order valence-electron chi connectivity index (χ4n) is 4.53. The second-order valence-corrected chi connectivity index (χ2v) is 9.64. The van der Waals surface area contributed by atoms with Crippen LogP contribution < -0.4 is 14.4 Å². The van der Waals surface area contributed by atoms with E-state index >= 15 is 0 Å². The highest BCUT2D eigenvalue weighted by Gasteiger charge is 2.47. The van der Waals surface area contributed by atoms with Gasteiger partial charge in [-0.3, -0.25) is 14.5 Å². The molecule has 6 heteroatoms. The lowest BCUT2D eigenvalue weighted by Gasteiger charge is -2.27. The summed E-state index contributed by atoms with van der Waals surface area (Å²) >= 11 is 0. The molecule has 0 saturated carbocycles. The van der Waals surface area contributed by atoms with Gasteiger partial charge in [-0.05, 0) is 85.8 Å². The molecule has 1 unspecified atom stereocenters. The molecule has 192 valence electrons. The Labute approximate surface area is 218 Å². The van der Waals surface area contributed by atoms with E-state index < -0.39 is 17.7 Å². The molecule has 1 N–H and O–H groups in total. The van der Waals surface area contributed by atoms with Crippen LogP contribution in [0.4, 0.5) is 5.69 Å². The molecule has 3 aromatic carbocycles. The summed E-state index contributed by atoms with van der Waals surface area (Å²) in [6, 6.07) is 19.1. The molecule has 0 aromatic heterocycles. The number of hydrogen-bond acceptors (Lipinski definition) is 5. The molecular formula is C31H33NO5. The number of rotatable bonds is 8. The Morgan fingerprint density at radius 2 is 1.65 bits per heavy atom. The first-order valence-electron chi connectivity index (χ1n) is 12.6. The zero-order chi connectivity index (χ0) is 26.7. The lowest BCUT2D eigenvalue weighted by Crippen LogP contribution is -2.29. The molecule has 1 aliphatic heterocycles. The van der Waals surface area contributed by atoms with Crippen LogP contribution in [-0.4, -0.2) is 30.0 Å². The number of anilines is 1. The standard InChI is InChI=1S/C31H33NO5/c1-6-36-24-14-12-23(13-15-24)32-28(25-10-8-7-9-20(25)4)27(30(34)31(32)35)29(33)22-11-16-26(21(5)17-22)37-18-19(2)3/h7-17,19,28,33H,6,18H2,1-5H3/b29-27+. The number of ketones is 1. The van der Waals surface area contributed by atoms with E-state index in [2.05, 4.69) is 13.8 Å². The summed E-state index contributed by atoms with van der Waals surface area (Å²) in [4.78, 5) is 28.3. The van der Waals surface area contributed by atoms with Crippen molar-refractivity contribution in [2.24, 2.45) is 5.92 Å². The number of aliphatic hydroxyl groups is 1. The highest BCUT2D eigenvalue weighted by atomic mass is 16.5. The van der Waals surface area contributed by atoms with Crippen molar-refractivity contribution in [3.63, 3.8) is 0 Å². The van der Waals surface area contributed by atoms with Crippen molar-refractivity contribution in [3.05, 3.63) is 94.6 Å². The number of amides is 1. The van der Waals surface area contributed by atoms with E-state index in [1.165, 1.54) is 4.90 Å². The molecular weight excluding hydrogens is 466 g/mol. The average molecular weight is 500 g/mol. The highest BCUT2D eigenvalue weighted by molar-refractivity contribution is 6.51. The maximum Gasteiger partial charge on any atom is 0.300 e. The fourth-order valence-corrected chi connectivity index (χ4v) is 4.53. The maximum absolute atomic E-state index is 13.4. The number of nitrogens with zero attached hydrogens (tertiary/aromatic N) is 1. The number of aliphatic hydroxyl groups excluding tert-OH is 1. The number of aryl methyl sites for hydroxylation is 2. The predicted molar refractivity (Wildman–Crippen MR) is 145 cm³/mol. The van der Waals surface area contributed by atoms with Gasteiger partial charge in [-0.2, -0.15) is 0 Å². The minimum absolute atomic E-state index is 0.0587. The van der Waals surface area contributed by atoms with Gasteiger partial charge in [0, 0.05) is 11.3 Å². The van der Waals surface area contributed by atoms with E-state index in [0.717, 1.165) is 22.4 Å². The predicted octanol–water partition coefficient (Wildman–Crippen LogP) is 6.36. The van der Waals surface area contributed by atoms with Crippen LogP contribution in [0.1, 0.15) is 49.1 Å². The van der Waals surface area contributed by atoms with Crippen LogP contribution in [0.25, 0.3) is 5.76 Å². The molecule has 0 radical (unpaired) electrons. The highest BCUT2D eigenvalue weighted by Crippen LogP contribution is 2.43. The smallest absolute Gasteiger partial charge is 0.300 e. The summed E-state index contributed by atoms with van der Waals surface area (Å²) < 4.78 is 11.4. The van der Waals surface area contributed by atoms with Gasteiger partial charge in [0.05, 0.1) is 24.8 Å². The van der Waals surface area contributed by atoms with Gasteiger partial charge in [0.15, 0.2) is 0 Å². The van der Waals surface area contributed by atoms with Gasteiger partial charge >= 0.3 is 0 Å². The Balaban J connectivity index is 1.84. The van der Waals surface area contributed by atoms with E-state index in [1.54, 1.807) is 42.5 Å². The SMILES string of the molecule is CCOc1ccc(N2C(=O)C(=O)/C(=C(/O)c3ccc(OCC(C)C)c(C)c3)C2c2ccccc2C)cc1. The summed E-state index contributed by atoms with van der Waals surface area (Å²) in [5.74, 6) is 0.143. The van der Waals surface area contributed by atoms with Crippen LogP contribution in [0.15, 0.2) is 72.3 Å². The van der Waals surface area contributed by atoms with Crippen molar-refractivity contribution in [2.45, 2.75) is 40.7 Å². The summed E-state index contributed by atoms with van der Waals surface area (Å²) in [5, 5.41) is 11.5. The minimum Gasteiger partial charge on any atom is -0.507 e. The van der Waals surface area contributed by atoms with Gasteiger partial charge < -0.3 is 14.6 Å². The van der Waals surface area contributed by atoms with Crippen molar-refractivity contribution < 1.29 is 24.2 Å². The summed E-state index contributed by atoms with van der Waals surface area (Å²) in [5.41, 5.74) is 3.57. The zero-order valence-electron chi connectivity index (χ0n) is 21.9. The Bertz CT molecular complexity index is 1340. The third-order valence-electron chi connectivity index (χ3n) is 6.37. The third-order valence-corrected chi connectivity index (χ3v) is 6.37. The lowest BCUT2D eigenvalue weighted by atomic mass is 9.92. The molecule has 1 saturated heterocycles. The molecule has 37 heavy (non-hydrogen) atoms. The second-order valence-electron chi connectivity index (χ2n) is 9.64. The van der Waals surface area contributed by atoms with Crippen LogP contribution in [0.5, 0.6) is 11.5 Å². The molecule has 3 aromatic rings. The molecule has 0 spiro atoms. The normalized spacial score (nSPS) is 16.9. The van der Waals surface area contributed by atoms with Crippen molar-refractivity contribution in [1.82, 2.24) is 0 Å². The fraction of sp³-hybridized carbons (Fsp3) is 0.290. The van der Waals surface area contributed by atoms with Crippen molar-refractivity contribution in [3.8, 4) is 11.5 Å². The number of hydrogen-bond donors (Lipinski definition) is 1. The maximum atomic E-state index is 13.4. The number of ether oxygens (including phenoxy) is 2. The van der Waals surface area contributed by atoms with Gasteiger partial charge in [0.2, 0.25) is 0 Å². The van der Waals surface area contributed by atoms with Gasteiger partial charge in [-0.25, -0.2) is 0 Å².